The van der Waals surface area contributed by atoms with E-state index in [0.29, 0.717) is 0 Å². The summed E-state index contributed by atoms with van der Waals surface area (Å²) in [5, 5.41) is 3.51. The van der Waals surface area contributed by atoms with Crippen LogP contribution in [-0.4, -0.2) is 11.1 Å². The second kappa shape index (κ2) is 6.62. The van der Waals surface area contributed by atoms with Gasteiger partial charge in [0.05, 0.1) is 12.8 Å². The molecule has 2 heterocycles. The molecule has 2 aromatic heterocycles. The predicted molar refractivity (Wildman–Crippen MR) is 78.3 cm³/mol. The summed E-state index contributed by atoms with van der Waals surface area (Å²) in [7, 11) is 0. The summed E-state index contributed by atoms with van der Waals surface area (Å²) in [5.74, 6) is 1.01. The van der Waals surface area contributed by atoms with Crippen molar-refractivity contribution in [3.05, 3.63) is 47.2 Å². The molecule has 1 N–H and O–H groups in total. The van der Waals surface area contributed by atoms with Gasteiger partial charge in [0.2, 0.25) is 0 Å². The van der Waals surface area contributed by atoms with Gasteiger partial charge in [-0.15, -0.1) is 0 Å². The van der Waals surface area contributed by atoms with Crippen LogP contribution in [0.5, 0.6) is 0 Å². The highest BCUT2D eigenvalue weighted by atomic mass is 16.3. The fourth-order valence-corrected chi connectivity index (χ4v) is 2.38. The predicted octanol–water partition coefficient (Wildman–Crippen LogP) is 3.64. The van der Waals surface area contributed by atoms with Crippen molar-refractivity contribution in [1.82, 2.24) is 9.88 Å². The van der Waals surface area contributed by atoms with Crippen LogP contribution in [0.1, 0.15) is 42.5 Å². The Kier molecular flexibility index (Phi) is 4.86. The lowest BCUT2D eigenvalue weighted by molar-refractivity contribution is 0.489. The van der Waals surface area contributed by atoms with Crippen LogP contribution in [0.15, 0.2) is 28.9 Å². The molecule has 2 rings (SSSR count). The Morgan fingerprint density at radius 2 is 2.16 bits per heavy atom. The molecule has 0 aliphatic rings. The maximum atomic E-state index is 5.43. The zero-order valence-electron chi connectivity index (χ0n) is 12.2. The molecule has 0 aromatic carbocycles. The summed E-state index contributed by atoms with van der Waals surface area (Å²) in [5.41, 5.74) is 4.01. The summed E-state index contributed by atoms with van der Waals surface area (Å²) in [6, 6.07) is 6.24. The van der Waals surface area contributed by atoms with Gasteiger partial charge in [-0.25, -0.2) is 0 Å². The first-order valence-electron chi connectivity index (χ1n) is 7.11. The fourth-order valence-electron chi connectivity index (χ4n) is 2.38. The minimum absolute atomic E-state index is 0.819. The van der Waals surface area contributed by atoms with E-state index in [4.69, 9.17) is 4.42 Å². The van der Waals surface area contributed by atoms with Crippen molar-refractivity contribution in [3.8, 4) is 0 Å². The lowest BCUT2D eigenvalue weighted by atomic mass is 10.2. The van der Waals surface area contributed by atoms with Crippen molar-refractivity contribution in [2.75, 3.05) is 6.54 Å². The largest absolute Gasteiger partial charge is 0.467 e. The monoisotopic (exact) mass is 260 g/mol. The van der Waals surface area contributed by atoms with Gasteiger partial charge >= 0.3 is 0 Å². The molecule has 0 aliphatic heterocycles. The van der Waals surface area contributed by atoms with Gasteiger partial charge in [-0.2, -0.15) is 0 Å². The van der Waals surface area contributed by atoms with Gasteiger partial charge in [0, 0.05) is 17.9 Å². The zero-order chi connectivity index (χ0) is 13.7. The molecule has 0 bridgehead atoms. The quantitative estimate of drug-likeness (QED) is 0.770. The maximum Gasteiger partial charge on any atom is 0.123 e. The molecule has 0 amide bonds. The highest BCUT2D eigenvalue weighted by Gasteiger charge is 2.09. The number of nitrogens with zero attached hydrogens (tertiary/aromatic N) is 1. The Bertz CT molecular complexity index is 497. The van der Waals surface area contributed by atoms with E-state index in [1.807, 2.05) is 12.1 Å². The van der Waals surface area contributed by atoms with Crippen LogP contribution < -0.4 is 5.32 Å². The number of hydrogen-bond donors (Lipinski definition) is 1. The Labute approximate surface area is 115 Å². The Morgan fingerprint density at radius 1 is 1.32 bits per heavy atom. The molecule has 2 aromatic rings. The van der Waals surface area contributed by atoms with Crippen LogP contribution in [-0.2, 0) is 13.1 Å². The molecule has 0 radical (unpaired) electrons. The van der Waals surface area contributed by atoms with E-state index in [0.717, 1.165) is 25.4 Å². The summed E-state index contributed by atoms with van der Waals surface area (Å²) >= 11 is 0. The zero-order valence-corrected chi connectivity index (χ0v) is 12.2. The summed E-state index contributed by atoms with van der Waals surface area (Å²) in [6.45, 7) is 9.44. The van der Waals surface area contributed by atoms with E-state index in [-0.39, 0.29) is 0 Å². The van der Waals surface area contributed by atoms with Crippen LogP contribution in [0.2, 0.25) is 0 Å². The van der Waals surface area contributed by atoms with E-state index in [1.54, 1.807) is 6.26 Å². The lowest BCUT2D eigenvalue weighted by Crippen LogP contribution is -2.15. The second-order valence-electron chi connectivity index (χ2n) is 5.09. The molecule has 0 saturated heterocycles. The Balaban J connectivity index is 2.02. The molecular weight excluding hydrogens is 236 g/mol. The number of aromatic nitrogens is 1. The number of aryl methyl sites for hydroxylation is 1. The molecule has 3 nitrogen and oxygen atoms in total. The molecule has 0 atom stereocenters. The summed E-state index contributed by atoms with van der Waals surface area (Å²) in [6.07, 6.45) is 4.21. The Morgan fingerprint density at radius 3 is 2.84 bits per heavy atom. The molecule has 0 spiro atoms. The van der Waals surface area contributed by atoms with Gasteiger partial charge in [-0.3, -0.25) is 0 Å². The van der Waals surface area contributed by atoms with Crippen molar-refractivity contribution in [1.29, 1.82) is 0 Å². The third-order valence-corrected chi connectivity index (χ3v) is 3.60. The van der Waals surface area contributed by atoms with Crippen LogP contribution in [0.4, 0.5) is 0 Å². The first-order valence-corrected chi connectivity index (χ1v) is 7.11. The van der Waals surface area contributed by atoms with Crippen molar-refractivity contribution in [2.45, 2.75) is 46.7 Å². The summed E-state index contributed by atoms with van der Waals surface area (Å²) in [4.78, 5) is 0. The molecule has 0 aliphatic carbocycles. The molecule has 19 heavy (non-hydrogen) atoms. The number of unbranched alkanes of at least 4 members (excludes halogenated alkanes) is 1. The van der Waals surface area contributed by atoms with E-state index in [9.17, 15) is 0 Å². The molecule has 0 saturated carbocycles. The molecule has 104 valence electrons. The number of hydrogen-bond acceptors (Lipinski definition) is 2. The normalized spacial score (nSPS) is 11.1. The van der Waals surface area contributed by atoms with Crippen molar-refractivity contribution in [2.24, 2.45) is 0 Å². The first kappa shape index (κ1) is 13.9. The average Bonchev–Trinajstić information content (AvgIpc) is 2.99. The minimum Gasteiger partial charge on any atom is -0.467 e. The number of nitrogens with one attached hydrogen (secondary N) is 1. The van der Waals surface area contributed by atoms with Gasteiger partial charge in [-0.05, 0) is 50.6 Å². The fraction of sp³-hybridized carbons (Fsp3) is 0.500. The standard InChI is InChI=1S/C16H24N2O/c1-4-5-8-17-11-15-10-13(2)18(14(15)3)12-16-7-6-9-19-16/h6-7,9-10,17H,4-5,8,11-12H2,1-3H3. The van der Waals surface area contributed by atoms with Gasteiger partial charge in [-0.1, -0.05) is 13.3 Å². The van der Waals surface area contributed by atoms with E-state index >= 15 is 0 Å². The van der Waals surface area contributed by atoms with Gasteiger partial charge in [0.25, 0.3) is 0 Å². The van der Waals surface area contributed by atoms with Crippen LogP contribution in [0.3, 0.4) is 0 Å². The van der Waals surface area contributed by atoms with Crippen LogP contribution >= 0.6 is 0 Å². The highest BCUT2D eigenvalue weighted by molar-refractivity contribution is 5.27. The highest BCUT2D eigenvalue weighted by Crippen LogP contribution is 2.17. The van der Waals surface area contributed by atoms with Crippen molar-refractivity contribution >= 4 is 0 Å². The van der Waals surface area contributed by atoms with Crippen molar-refractivity contribution in [3.63, 3.8) is 0 Å². The third kappa shape index (κ3) is 3.51. The smallest absolute Gasteiger partial charge is 0.123 e. The van der Waals surface area contributed by atoms with E-state index in [2.05, 4.69) is 36.7 Å². The van der Waals surface area contributed by atoms with Crippen LogP contribution in [0, 0.1) is 13.8 Å². The second-order valence-corrected chi connectivity index (χ2v) is 5.09. The van der Waals surface area contributed by atoms with Gasteiger partial charge < -0.3 is 14.3 Å². The molecular formula is C16H24N2O. The first-order chi connectivity index (χ1) is 9.22. The van der Waals surface area contributed by atoms with E-state index in [1.165, 1.54) is 29.8 Å². The van der Waals surface area contributed by atoms with Crippen molar-refractivity contribution < 1.29 is 4.42 Å². The maximum absolute atomic E-state index is 5.43. The van der Waals surface area contributed by atoms with E-state index < -0.39 is 0 Å². The molecule has 3 heteroatoms. The van der Waals surface area contributed by atoms with Crippen LogP contribution in [0.25, 0.3) is 0 Å². The number of furan rings is 1. The number of rotatable bonds is 7. The molecule has 0 unspecified atom stereocenters. The SMILES string of the molecule is CCCCNCc1cc(C)n(Cc2ccco2)c1C. The third-order valence-electron chi connectivity index (χ3n) is 3.60. The molecule has 0 fully saturated rings. The lowest BCUT2D eigenvalue weighted by Gasteiger charge is -2.08. The van der Waals surface area contributed by atoms with Gasteiger partial charge in [0.15, 0.2) is 0 Å². The average molecular weight is 260 g/mol. The summed E-state index contributed by atoms with van der Waals surface area (Å²) < 4.78 is 7.75. The Hall–Kier alpha value is -1.48. The minimum atomic E-state index is 0.819. The van der Waals surface area contributed by atoms with Gasteiger partial charge in [0.1, 0.15) is 5.76 Å². The topological polar surface area (TPSA) is 30.1 Å².